The van der Waals surface area contributed by atoms with Crippen LogP contribution in [-0.2, 0) is 6.61 Å². The molecule has 2 aromatic carbocycles. The van der Waals surface area contributed by atoms with Crippen LogP contribution in [0.2, 0.25) is 0 Å². The maximum atomic E-state index is 13.6. The molecule has 7 nitrogen and oxygen atoms in total. The van der Waals surface area contributed by atoms with Gasteiger partial charge in [0.1, 0.15) is 12.4 Å². The molecule has 0 bridgehead atoms. The van der Waals surface area contributed by atoms with Crippen LogP contribution >= 0.6 is 11.3 Å². The lowest BCUT2D eigenvalue weighted by atomic mass is 10.0. The smallest absolute Gasteiger partial charge is 0.256 e. The monoisotopic (exact) mass is 483 g/mol. The molecule has 0 radical (unpaired) electrons. The second-order valence-corrected chi connectivity index (χ2v) is 9.23. The first-order valence-electron chi connectivity index (χ1n) is 11.4. The van der Waals surface area contributed by atoms with Gasteiger partial charge in [-0.05, 0) is 44.5 Å². The Hall–Kier alpha value is -4.04. The number of para-hydroxylation sites is 2. The summed E-state index contributed by atoms with van der Waals surface area (Å²) in [6.07, 6.45) is 1.71. The van der Waals surface area contributed by atoms with E-state index in [0.29, 0.717) is 34.6 Å². The molecule has 0 unspecified atom stereocenters. The fourth-order valence-electron chi connectivity index (χ4n) is 3.93. The number of carbonyl (C=O) groups excluding carboxylic acids is 1. The predicted molar refractivity (Wildman–Crippen MR) is 139 cm³/mol. The molecule has 176 valence electrons. The summed E-state index contributed by atoms with van der Waals surface area (Å²) in [5.74, 6) is 0.330. The molecule has 1 N–H and O–H groups in total. The molecule has 3 heterocycles. The van der Waals surface area contributed by atoms with Crippen molar-refractivity contribution in [2.45, 2.75) is 33.4 Å². The molecule has 0 fully saturated rings. The van der Waals surface area contributed by atoms with Gasteiger partial charge >= 0.3 is 0 Å². The number of hydrogen-bond donors (Lipinski definition) is 1. The molecule has 3 aromatic heterocycles. The molecule has 5 aromatic rings. The number of benzene rings is 2. The maximum absolute atomic E-state index is 13.6. The van der Waals surface area contributed by atoms with E-state index < -0.39 is 0 Å². The average molecular weight is 484 g/mol. The fraction of sp³-hybridized carbons (Fsp3) is 0.185. The largest absolute Gasteiger partial charge is 0.485 e. The Morgan fingerprint density at radius 2 is 1.94 bits per heavy atom. The molecular weight excluding hydrogens is 458 g/mol. The van der Waals surface area contributed by atoms with Gasteiger partial charge in [-0.3, -0.25) is 4.79 Å². The molecule has 0 atom stereocenters. The summed E-state index contributed by atoms with van der Waals surface area (Å²) in [6, 6.07) is 17.4. The van der Waals surface area contributed by atoms with E-state index in [2.05, 4.69) is 15.4 Å². The van der Waals surface area contributed by atoms with E-state index in [1.165, 1.54) is 11.3 Å². The SMILES string of the molecule is Cc1ccccc1-c1cc(C(=O)Nc2ccccc2OCc2cscn2)c2cnn(C(C)C)c2n1. The first-order chi connectivity index (χ1) is 17.0. The van der Waals surface area contributed by atoms with Gasteiger partial charge < -0.3 is 10.1 Å². The maximum Gasteiger partial charge on any atom is 0.256 e. The number of aryl methyl sites for hydroxylation is 1. The van der Waals surface area contributed by atoms with Gasteiger partial charge in [0.05, 0.1) is 39.7 Å². The molecule has 0 aliphatic carbocycles. The minimum atomic E-state index is -0.250. The van der Waals surface area contributed by atoms with Crippen LogP contribution in [0.15, 0.2) is 71.7 Å². The fourth-order valence-corrected chi connectivity index (χ4v) is 4.47. The third kappa shape index (κ3) is 4.65. The van der Waals surface area contributed by atoms with Gasteiger partial charge in [-0.25, -0.2) is 14.6 Å². The number of nitrogens with zero attached hydrogens (tertiary/aromatic N) is 4. The summed E-state index contributed by atoms with van der Waals surface area (Å²) in [5, 5.41) is 10.2. The first kappa shape index (κ1) is 22.7. The van der Waals surface area contributed by atoms with Crippen LogP contribution in [0.5, 0.6) is 5.75 Å². The Kier molecular flexibility index (Phi) is 6.29. The third-order valence-corrected chi connectivity index (χ3v) is 6.35. The van der Waals surface area contributed by atoms with Crippen LogP contribution in [0.1, 0.15) is 41.5 Å². The zero-order valence-corrected chi connectivity index (χ0v) is 20.5. The molecule has 0 saturated carbocycles. The Morgan fingerprint density at radius 3 is 2.71 bits per heavy atom. The van der Waals surface area contributed by atoms with E-state index in [4.69, 9.17) is 9.72 Å². The van der Waals surface area contributed by atoms with Crippen molar-refractivity contribution in [3.8, 4) is 17.0 Å². The zero-order valence-electron chi connectivity index (χ0n) is 19.7. The minimum Gasteiger partial charge on any atom is -0.485 e. The van der Waals surface area contributed by atoms with E-state index >= 15 is 0 Å². The van der Waals surface area contributed by atoms with Crippen LogP contribution in [0, 0.1) is 6.92 Å². The number of thiazole rings is 1. The lowest BCUT2D eigenvalue weighted by Crippen LogP contribution is -2.14. The number of carbonyl (C=O) groups is 1. The third-order valence-electron chi connectivity index (χ3n) is 5.72. The number of pyridine rings is 1. The van der Waals surface area contributed by atoms with Crippen molar-refractivity contribution in [3.63, 3.8) is 0 Å². The van der Waals surface area contributed by atoms with E-state index in [1.807, 2.05) is 85.4 Å². The van der Waals surface area contributed by atoms with Gasteiger partial charge in [0, 0.05) is 17.0 Å². The number of hydrogen-bond acceptors (Lipinski definition) is 6. The number of rotatable bonds is 7. The molecule has 1 amide bonds. The molecule has 35 heavy (non-hydrogen) atoms. The topological polar surface area (TPSA) is 81.9 Å². The number of aromatic nitrogens is 4. The van der Waals surface area contributed by atoms with E-state index in [-0.39, 0.29) is 11.9 Å². The summed E-state index contributed by atoms with van der Waals surface area (Å²) >= 11 is 1.52. The van der Waals surface area contributed by atoms with Crippen LogP contribution in [0.4, 0.5) is 5.69 Å². The Balaban J connectivity index is 1.53. The quantitative estimate of drug-likeness (QED) is 0.295. The highest BCUT2D eigenvalue weighted by atomic mass is 32.1. The van der Waals surface area contributed by atoms with Crippen molar-refractivity contribution >= 4 is 34.0 Å². The number of fused-ring (bicyclic) bond motifs is 1. The normalized spacial score (nSPS) is 11.2. The van der Waals surface area contributed by atoms with Crippen LogP contribution < -0.4 is 10.1 Å². The summed E-state index contributed by atoms with van der Waals surface area (Å²) < 4.78 is 7.80. The Labute approximate surface area is 207 Å². The molecule has 8 heteroatoms. The van der Waals surface area contributed by atoms with E-state index in [1.54, 1.807) is 11.7 Å². The highest BCUT2D eigenvalue weighted by molar-refractivity contribution is 7.07. The van der Waals surface area contributed by atoms with Crippen molar-refractivity contribution < 1.29 is 9.53 Å². The molecule has 0 saturated heterocycles. The summed E-state index contributed by atoms with van der Waals surface area (Å²) in [6.45, 7) is 6.46. The Morgan fingerprint density at radius 1 is 1.14 bits per heavy atom. The van der Waals surface area contributed by atoms with Crippen LogP contribution in [0.3, 0.4) is 0 Å². The molecule has 0 spiro atoms. The standard InChI is InChI=1S/C27H25N5O2S/c1-17(2)32-26-22(13-29-32)21(12-24(30-26)20-9-5-4-8-18(20)3)27(33)31-23-10-6-7-11-25(23)34-14-19-15-35-16-28-19/h4-13,15-17H,14H2,1-3H3,(H,31,33). The lowest BCUT2D eigenvalue weighted by Gasteiger charge is -2.14. The summed E-state index contributed by atoms with van der Waals surface area (Å²) in [4.78, 5) is 22.8. The molecular formula is C27H25N5O2S. The molecule has 0 aliphatic rings. The van der Waals surface area contributed by atoms with Crippen LogP contribution in [0.25, 0.3) is 22.3 Å². The highest BCUT2D eigenvalue weighted by Gasteiger charge is 2.20. The van der Waals surface area contributed by atoms with Gasteiger partial charge in [0.15, 0.2) is 5.65 Å². The van der Waals surface area contributed by atoms with Crippen molar-refractivity contribution in [2.24, 2.45) is 0 Å². The van der Waals surface area contributed by atoms with Gasteiger partial charge in [-0.15, -0.1) is 11.3 Å². The number of ether oxygens (including phenoxy) is 1. The van der Waals surface area contributed by atoms with Crippen LogP contribution in [-0.4, -0.2) is 25.7 Å². The number of anilines is 1. The minimum absolute atomic E-state index is 0.0999. The summed E-state index contributed by atoms with van der Waals surface area (Å²) in [7, 11) is 0. The molecule has 5 rings (SSSR count). The predicted octanol–water partition coefficient (Wildman–Crippen LogP) is 6.28. The summed E-state index contributed by atoms with van der Waals surface area (Å²) in [5.41, 5.74) is 7.19. The second-order valence-electron chi connectivity index (χ2n) is 8.51. The van der Waals surface area contributed by atoms with Gasteiger partial charge in [-0.2, -0.15) is 5.10 Å². The van der Waals surface area contributed by atoms with E-state index in [0.717, 1.165) is 22.5 Å². The van der Waals surface area contributed by atoms with Gasteiger partial charge in [0.25, 0.3) is 5.91 Å². The van der Waals surface area contributed by atoms with Gasteiger partial charge in [-0.1, -0.05) is 36.4 Å². The van der Waals surface area contributed by atoms with Crippen molar-refractivity contribution in [1.82, 2.24) is 19.7 Å². The Bertz CT molecular complexity index is 1490. The molecule has 0 aliphatic heterocycles. The van der Waals surface area contributed by atoms with Gasteiger partial charge in [0.2, 0.25) is 0 Å². The second kappa shape index (κ2) is 9.68. The van der Waals surface area contributed by atoms with Crippen molar-refractivity contribution in [2.75, 3.05) is 5.32 Å². The average Bonchev–Trinajstić information content (AvgIpc) is 3.53. The number of amides is 1. The number of nitrogens with one attached hydrogen (secondary N) is 1. The zero-order chi connectivity index (χ0) is 24.4. The van der Waals surface area contributed by atoms with Crippen molar-refractivity contribution in [3.05, 3.63) is 88.5 Å². The lowest BCUT2D eigenvalue weighted by molar-refractivity contribution is 0.102. The first-order valence-corrected chi connectivity index (χ1v) is 12.3. The van der Waals surface area contributed by atoms with E-state index in [9.17, 15) is 4.79 Å². The highest BCUT2D eigenvalue weighted by Crippen LogP contribution is 2.30. The van der Waals surface area contributed by atoms with Crippen molar-refractivity contribution in [1.29, 1.82) is 0 Å².